The zero-order valence-electron chi connectivity index (χ0n) is 16.6. The molecule has 0 radical (unpaired) electrons. The van der Waals surface area contributed by atoms with Gasteiger partial charge in [0.15, 0.2) is 0 Å². The predicted octanol–water partition coefficient (Wildman–Crippen LogP) is 3.36. The van der Waals surface area contributed by atoms with E-state index in [1.54, 1.807) is 24.0 Å². The molecule has 1 atom stereocenters. The Morgan fingerprint density at radius 3 is 2.30 bits per heavy atom. The van der Waals surface area contributed by atoms with Crippen molar-refractivity contribution in [2.45, 2.75) is 40.2 Å². The van der Waals surface area contributed by atoms with Crippen LogP contribution in [-0.2, 0) is 15.1 Å². The van der Waals surface area contributed by atoms with Crippen molar-refractivity contribution in [2.24, 2.45) is 11.8 Å². The summed E-state index contributed by atoms with van der Waals surface area (Å²) in [5.41, 5.74) is -0.506. The van der Waals surface area contributed by atoms with Crippen molar-refractivity contribution < 1.29 is 14.4 Å². The third-order valence-electron chi connectivity index (χ3n) is 4.49. The van der Waals surface area contributed by atoms with Crippen LogP contribution >= 0.6 is 15.9 Å². The summed E-state index contributed by atoms with van der Waals surface area (Å²) in [6.07, 6.45) is 0. The molecule has 1 heterocycles. The monoisotopic (exact) mass is 437 g/mol. The topological polar surface area (TPSA) is 69.7 Å². The van der Waals surface area contributed by atoms with Crippen molar-refractivity contribution in [3.05, 3.63) is 34.3 Å². The van der Waals surface area contributed by atoms with E-state index in [1.807, 2.05) is 39.8 Å². The van der Waals surface area contributed by atoms with Crippen LogP contribution in [0.1, 0.15) is 40.2 Å². The number of imide groups is 1. The number of halogens is 1. The standard InChI is InChI=1S/C20H28BrN3O3/c1-13(2)10-23(11-14(3)4)17(25)12-24-18(26)20(5,22-19(24)27)15-7-6-8-16(21)9-15/h6-9,13-14H,10-12H2,1-5H3,(H,22,27)/t20-/m0/s1. The summed E-state index contributed by atoms with van der Waals surface area (Å²) in [4.78, 5) is 41.1. The second-order valence-electron chi connectivity index (χ2n) is 8.04. The van der Waals surface area contributed by atoms with Gasteiger partial charge in [0.2, 0.25) is 5.91 Å². The summed E-state index contributed by atoms with van der Waals surface area (Å²) in [5.74, 6) is -0.00197. The molecule has 1 aliphatic rings. The fraction of sp³-hybridized carbons (Fsp3) is 0.550. The molecule has 0 bridgehead atoms. The van der Waals surface area contributed by atoms with Crippen molar-refractivity contribution in [1.29, 1.82) is 0 Å². The van der Waals surface area contributed by atoms with E-state index < -0.39 is 17.5 Å². The molecule has 1 aromatic rings. The number of carbonyl (C=O) groups excluding carboxylic acids is 3. The minimum Gasteiger partial charge on any atom is -0.341 e. The lowest BCUT2D eigenvalue weighted by Gasteiger charge is -2.28. The molecule has 0 saturated carbocycles. The Kier molecular flexibility index (Phi) is 6.68. The molecule has 1 aliphatic heterocycles. The molecule has 4 amide bonds. The summed E-state index contributed by atoms with van der Waals surface area (Å²) in [6.45, 7) is 10.8. The smallest absolute Gasteiger partial charge is 0.325 e. The van der Waals surface area contributed by atoms with Crippen LogP contribution in [0, 0.1) is 11.8 Å². The average molecular weight is 438 g/mol. The second-order valence-corrected chi connectivity index (χ2v) is 8.96. The van der Waals surface area contributed by atoms with Gasteiger partial charge in [-0.05, 0) is 36.5 Å². The summed E-state index contributed by atoms with van der Waals surface area (Å²) in [5, 5.41) is 2.75. The molecular formula is C20H28BrN3O3. The van der Waals surface area contributed by atoms with E-state index in [0.29, 0.717) is 30.5 Å². The minimum absolute atomic E-state index is 0.209. The van der Waals surface area contributed by atoms with Crippen LogP contribution in [0.2, 0.25) is 0 Å². The van der Waals surface area contributed by atoms with Crippen LogP contribution in [-0.4, -0.2) is 47.3 Å². The number of amides is 4. The molecule has 1 aromatic carbocycles. The van der Waals surface area contributed by atoms with Crippen LogP contribution in [0.25, 0.3) is 0 Å². The van der Waals surface area contributed by atoms with Gasteiger partial charge in [0, 0.05) is 17.6 Å². The molecule has 6 nitrogen and oxygen atoms in total. The third kappa shape index (κ3) is 4.89. The summed E-state index contributed by atoms with van der Waals surface area (Å²) in [6, 6.07) is 6.71. The lowest BCUT2D eigenvalue weighted by Crippen LogP contribution is -2.46. The molecule has 0 unspecified atom stereocenters. The largest absolute Gasteiger partial charge is 0.341 e. The molecule has 27 heavy (non-hydrogen) atoms. The number of nitrogens with zero attached hydrogens (tertiary/aromatic N) is 2. The Morgan fingerprint density at radius 1 is 1.19 bits per heavy atom. The molecule has 1 fully saturated rings. The molecule has 148 valence electrons. The van der Waals surface area contributed by atoms with Crippen molar-refractivity contribution >= 4 is 33.8 Å². The number of rotatable bonds is 7. The van der Waals surface area contributed by atoms with Crippen LogP contribution < -0.4 is 5.32 Å². The zero-order chi connectivity index (χ0) is 20.4. The summed E-state index contributed by atoms with van der Waals surface area (Å²) < 4.78 is 0.817. The van der Waals surface area contributed by atoms with Gasteiger partial charge in [0.05, 0.1) is 0 Å². The molecule has 0 aliphatic carbocycles. The average Bonchev–Trinajstić information content (AvgIpc) is 2.77. The first-order chi connectivity index (χ1) is 12.5. The van der Waals surface area contributed by atoms with Crippen molar-refractivity contribution in [3.63, 3.8) is 0 Å². The van der Waals surface area contributed by atoms with Gasteiger partial charge in [-0.3, -0.25) is 14.5 Å². The predicted molar refractivity (Wildman–Crippen MR) is 108 cm³/mol. The second kappa shape index (κ2) is 8.42. The Hall–Kier alpha value is -1.89. The maximum atomic E-state index is 13.0. The quantitative estimate of drug-likeness (QED) is 0.664. The van der Waals surface area contributed by atoms with Crippen molar-refractivity contribution in [2.75, 3.05) is 19.6 Å². The Bertz CT molecular complexity index is 725. The maximum Gasteiger partial charge on any atom is 0.325 e. The normalized spacial score (nSPS) is 19.8. The molecule has 0 spiro atoms. The number of benzene rings is 1. The number of carbonyl (C=O) groups is 3. The number of hydrogen-bond acceptors (Lipinski definition) is 3. The van der Waals surface area contributed by atoms with E-state index in [9.17, 15) is 14.4 Å². The van der Waals surface area contributed by atoms with Gasteiger partial charge in [-0.1, -0.05) is 55.8 Å². The first-order valence-corrected chi connectivity index (χ1v) is 10.0. The van der Waals surface area contributed by atoms with Gasteiger partial charge in [0.1, 0.15) is 12.1 Å². The third-order valence-corrected chi connectivity index (χ3v) is 4.99. The fourth-order valence-corrected chi connectivity index (χ4v) is 3.63. The molecular weight excluding hydrogens is 410 g/mol. The lowest BCUT2D eigenvalue weighted by atomic mass is 9.92. The molecule has 0 aromatic heterocycles. The van der Waals surface area contributed by atoms with Gasteiger partial charge in [0.25, 0.3) is 5.91 Å². The van der Waals surface area contributed by atoms with E-state index in [4.69, 9.17) is 0 Å². The van der Waals surface area contributed by atoms with Gasteiger partial charge < -0.3 is 10.2 Å². The van der Waals surface area contributed by atoms with Crippen LogP contribution in [0.15, 0.2) is 28.7 Å². The zero-order valence-corrected chi connectivity index (χ0v) is 18.2. The van der Waals surface area contributed by atoms with Crippen molar-refractivity contribution in [3.8, 4) is 0 Å². The van der Waals surface area contributed by atoms with Gasteiger partial charge in [-0.15, -0.1) is 0 Å². The fourth-order valence-electron chi connectivity index (χ4n) is 3.23. The van der Waals surface area contributed by atoms with E-state index in [0.717, 1.165) is 9.37 Å². The van der Waals surface area contributed by atoms with E-state index in [-0.39, 0.29) is 12.5 Å². The van der Waals surface area contributed by atoms with Gasteiger partial charge >= 0.3 is 6.03 Å². The maximum absolute atomic E-state index is 13.0. The lowest BCUT2D eigenvalue weighted by molar-refractivity contribution is -0.139. The Balaban J connectivity index is 2.20. The van der Waals surface area contributed by atoms with E-state index in [1.165, 1.54) is 0 Å². The SMILES string of the molecule is CC(C)CN(CC(C)C)C(=O)CN1C(=O)N[C@@](C)(c2cccc(Br)c2)C1=O. The summed E-state index contributed by atoms with van der Waals surface area (Å²) >= 11 is 3.39. The molecule has 1 saturated heterocycles. The van der Waals surface area contributed by atoms with E-state index >= 15 is 0 Å². The highest BCUT2D eigenvalue weighted by Gasteiger charge is 2.49. The van der Waals surface area contributed by atoms with Gasteiger partial charge in [-0.2, -0.15) is 0 Å². The van der Waals surface area contributed by atoms with Crippen molar-refractivity contribution in [1.82, 2.24) is 15.1 Å². The Labute approximate surface area is 169 Å². The number of nitrogens with one attached hydrogen (secondary N) is 1. The van der Waals surface area contributed by atoms with Crippen LogP contribution in [0.5, 0.6) is 0 Å². The summed E-state index contributed by atoms with van der Waals surface area (Å²) in [7, 11) is 0. The van der Waals surface area contributed by atoms with Crippen LogP contribution in [0.4, 0.5) is 4.79 Å². The Morgan fingerprint density at radius 2 is 1.78 bits per heavy atom. The molecule has 1 N–H and O–H groups in total. The van der Waals surface area contributed by atoms with Gasteiger partial charge in [-0.25, -0.2) is 4.79 Å². The first kappa shape index (κ1) is 21.4. The first-order valence-electron chi connectivity index (χ1n) is 9.22. The highest BCUT2D eigenvalue weighted by Crippen LogP contribution is 2.30. The van der Waals surface area contributed by atoms with Crippen LogP contribution in [0.3, 0.4) is 0 Å². The molecule has 2 rings (SSSR count). The number of urea groups is 1. The highest BCUT2D eigenvalue weighted by atomic mass is 79.9. The minimum atomic E-state index is -1.18. The number of hydrogen-bond donors (Lipinski definition) is 1. The molecule has 7 heteroatoms. The highest BCUT2D eigenvalue weighted by molar-refractivity contribution is 9.10. The van der Waals surface area contributed by atoms with E-state index in [2.05, 4.69) is 21.2 Å².